The molecule has 3 nitrogen and oxygen atoms in total. The van der Waals surface area contributed by atoms with Crippen LogP contribution in [0.2, 0.25) is 0 Å². The lowest BCUT2D eigenvalue weighted by Gasteiger charge is -2.36. The molecule has 4 rings (SSSR count). The van der Waals surface area contributed by atoms with Crippen molar-refractivity contribution in [2.45, 2.75) is 26.2 Å². The lowest BCUT2D eigenvalue weighted by Crippen LogP contribution is -2.43. The Morgan fingerprint density at radius 3 is 2.64 bits per heavy atom. The third-order valence-electron chi connectivity index (χ3n) is 5.92. The Labute approximate surface area is 150 Å². The number of rotatable bonds is 5. The highest BCUT2D eigenvalue weighted by Crippen LogP contribution is 2.33. The first-order chi connectivity index (χ1) is 12.1. The minimum atomic E-state index is 0.128. The number of benzene rings is 2. The van der Waals surface area contributed by atoms with E-state index in [9.17, 15) is 4.79 Å². The van der Waals surface area contributed by atoms with E-state index in [-0.39, 0.29) is 5.92 Å². The van der Waals surface area contributed by atoms with Crippen molar-refractivity contribution in [1.29, 1.82) is 0 Å². The van der Waals surface area contributed by atoms with Crippen LogP contribution in [0.5, 0.6) is 5.75 Å². The minimum Gasteiger partial charge on any atom is -0.497 e. The summed E-state index contributed by atoms with van der Waals surface area (Å²) in [6.07, 6.45) is 3.88. The van der Waals surface area contributed by atoms with Crippen LogP contribution in [0.1, 0.15) is 36.5 Å². The summed E-state index contributed by atoms with van der Waals surface area (Å²) in [5, 5.41) is 2.22. The molecule has 0 amide bonds. The molecule has 2 aromatic rings. The van der Waals surface area contributed by atoms with E-state index in [2.05, 4.69) is 11.8 Å². The molecule has 0 spiro atoms. The quantitative estimate of drug-likeness (QED) is 0.758. The van der Waals surface area contributed by atoms with E-state index in [1.54, 1.807) is 7.11 Å². The second kappa shape index (κ2) is 6.80. The van der Waals surface area contributed by atoms with Gasteiger partial charge in [0.2, 0.25) is 0 Å². The molecule has 2 fully saturated rings. The number of carbonyl (C=O) groups excluding carboxylic acids is 1. The largest absolute Gasteiger partial charge is 0.497 e. The van der Waals surface area contributed by atoms with Crippen molar-refractivity contribution in [3.05, 3.63) is 42.0 Å². The number of methoxy groups -OCH3 is 1. The topological polar surface area (TPSA) is 29.5 Å². The van der Waals surface area contributed by atoms with Crippen LogP contribution in [0.15, 0.2) is 36.4 Å². The standard InChI is InChI=1S/C22H27NO2/c1-15-9-10-23(13-16-3-4-16)14-21(15)22(24)19-6-5-18-12-20(25-2)8-7-17(18)11-19/h5-8,11-12,15-16,21H,3-4,9-10,13-14H2,1-2H3/t15-,21+/m0/s1. The molecular formula is C22H27NO2. The van der Waals surface area contributed by atoms with Gasteiger partial charge in [-0.25, -0.2) is 0 Å². The Morgan fingerprint density at radius 2 is 1.88 bits per heavy atom. The molecule has 1 saturated heterocycles. The van der Waals surface area contributed by atoms with Gasteiger partial charge < -0.3 is 9.64 Å². The molecule has 2 aliphatic rings. The summed E-state index contributed by atoms with van der Waals surface area (Å²) in [7, 11) is 1.68. The lowest BCUT2D eigenvalue weighted by molar-refractivity contribution is 0.0711. The maximum absolute atomic E-state index is 13.2. The van der Waals surface area contributed by atoms with Gasteiger partial charge in [0.05, 0.1) is 7.11 Å². The average molecular weight is 337 g/mol. The zero-order valence-electron chi connectivity index (χ0n) is 15.2. The van der Waals surface area contributed by atoms with Gasteiger partial charge in [0.15, 0.2) is 5.78 Å². The molecule has 0 radical (unpaired) electrons. The molecule has 0 bridgehead atoms. The Balaban J connectivity index is 1.54. The average Bonchev–Trinajstić information content (AvgIpc) is 3.46. The van der Waals surface area contributed by atoms with Gasteiger partial charge in [-0.05, 0) is 66.6 Å². The van der Waals surface area contributed by atoms with E-state index in [1.807, 2.05) is 36.4 Å². The minimum absolute atomic E-state index is 0.128. The van der Waals surface area contributed by atoms with E-state index < -0.39 is 0 Å². The zero-order chi connectivity index (χ0) is 17.4. The summed E-state index contributed by atoms with van der Waals surface area (Å²) in [4.78, 5) is 15.7. The highest BCUT2D eigenvalue weighted by atomic mass is 16.5. The van der Waals surface area contributed by atoms with E-state index in [0.717, 1.165) is 47.5 Å². The Morgan fingerprint density at radius 1 is 1.12 bits per heavy atom. The summed E-state index contributed by atoms with van der Waals surface area (Å²) in [5.41, 5.74) is 0.850. The van der Waals surface area contributed by atoms with E-state index in [4.69, 9.17) is 4.74 Å². The van der Waals surface area contributed by atoms with Gasteiger partial charge in [0.25, 0.3) is 0 Å². The van der Waals surface area contributed by atoms with Gasteiger partial charge in [-0.2, -0.15) is 0 Å². The first-order valence-electron chi connectivity index (χ1n) is 9.48. The second-order valence-electron chi connectivity index (χ2n) is 7.87. The van der Waals surface area contributed by atoms with E-state index in [1.165, 1.54) is 19.4 Å². The number of piperidine rings is 1. The predicted octanol–water partition coefficient (Wildman–Crippen LogP) is 4.40. The van der Waals surface area contributed by atoms with Crippen molar-refractivity contribution in [2.24, 2.45) is 17.8 Å². The molecule has 1 saturated carbocycles. The maximum atomic E-state index is 13.2. The Bertz CT molecular complexity index is 781. The highest BCUT2D eigenvalue weighted by molar-refractivity contribution is 6.01. The molecule has 2 atom stereocenters. The molecule has 0 unspecified atom stereocenters. The molecule has 0 aromatic heterocycles. The number of fused-ring (bicyclic) bond motifs is 1. The van der Waals surface area contributed by atoms with Crippen LogP contribution in [0.25, 0.3) is 10.8 Å². The fraction of sp³-hybridized carbons (Fsp3) is 0.500. The first-order valence-corrected chi connectivity index (χ1v) is 9.48. The number of hydrogen-bond donors (Lipinski definition) is 0. The molecule has 3 heteroatoms. The number of nitrogens with zero attached hydrogens (tertiary/aromatic N) is 1. The molecule has 1 aliphatic carbocycles. The summed E-state index contributed by atoms with van der Waals surface area (Å²) >= 11 is 0. The number of ether oxygens (including phenoxy) is 1. The molecule has 132 valence electrons. The summed E-state index contributed by atoms with van der Waals surface area (Å²) < 4.78 is 5.29. The summed E-state index contributed by atoms with van der Waals surface area (Å²) in [5.74, 6) is 2.64. The van der Waals surface area contributed by atoms with Crippen LogP contribution in [-0.4, -0.2) is 37.4 Å². The van der Waals surface area contributed by atoms with Crippen LogP contribution in [-0.2, 0) is 0 Å². The molecule has 1 aliphatic heterocycles. The Kier molecular flexibility index (Phi) is 4.51. The van der Waals surface area contributed by atoms with Gasteiger partial charge in [0, 0.05) is 24.6 Å². The number of carbonyl (C=O) groups is 1. The fourth-order valence-corrected chi connectivity index (χ4v) is 4.03. The normalized spacial score (nSPS) is 24.4. The molecular weight excluding hydrogens is 310 g/mol. The molecule has 2 aromatic carbocycles. The second-order valence-corrected chi connectivity index (χ2v) is 7.87. The van der Waals surface area contributed by atoms with Crippen LogP contribution < -0.4 is 4.74 Å². The van der Waals surface area contributed by atoms with Crippen molar-refractivity contribution >= 4 is 16.6 Å². The van der Waals surface area contributed by atoms with Gasteiger partial charge >= 0.3 is 0 Å². The van der Waals surface area contributed by atoms with Crippen molar-refractivity contribution in [2.75, 3.05) is 26.7 Å². The predicted molar refractivity (Wildman–Crippen MR) is 101 cm³/mol. The smallest absolute Gasteiger partial charge is 0.167 e. The molecule has 25 heavy (non-hydrogen) atoms. The first kappa shape index (κ1) is 16.6. The van der Waals surface area contributed by atoms with E-state index in [0.29, 0.717) is 11.7 Å². The van der Waals surface area contributed by atoms with Gasteiger partial charge in [0.1, 0.15) is 5.75 Å². The van der Waals surface area contributed by atoms with Gasteiger partial charge in [-0.3, -0.25) is 4.79 Å². The highest BCUT2D eigenvalue weighted by Gasteiger charge is 2.34. The van der Waals surface area contributed by atoms with E-state index >= 15 is 0 Å². The maximum Gasteiger partial charge on any atom is 0.167 e. The van der Waals surface area contributed by atoms with Crippen LogP contribution in [0.3, 0.4) is 0 Å². The number of ketones is 1. The Hall–Kier alpha value is -1.87. The van der Waals surface area contributed by atoms with Crippen LogP contribution >= 0.6 is 0 Å². The number of Topliss-reactive ketones (excluding diaryl/α,β-unsaturated/α-hetero) is 1. The zero-order valence-corrected chi connectivity index (χ0v) is 15.2. The fourth-order valence-electron chi connectivity index (χ4n) is 4.03. The van der Waals surface area contributed by atoms with Gasteiger partial charge in [-0.1, -0.05) is 25.1 Å². The lowest BCUT2D eigenvalue weighted by atomic mass is 9.81. The number of likely N-dealkylation sites (tertiary alicyclic amines) is 1. The third kappa shape index (κ3) is 3.57. The van der Waals surface area contributed by atoms with Crippen molar-refractivity contribution in [3.63, 3.8) is 0 Å². The van der Waals surface area contributed by atoms with Crippen molar-refractivity contribution in [1.82, 2.24) is 4.90 Å². The van der Waals surface area contributed by atoms with Gasteiger partial charge in [-0.15, -0.1) is 0 Å². The monoisotopic (exact) mass is 337 g/mol. The van der Waals surface area contributed by atoms with Crippen molar-refractivity contribution in [3.8, 4) is 5.75 Å². The number of hydrogen-bond acceptors (Lipinski definition) is 3. The third-order valence-corrected chi connectivity index (χ3v) is 5.92. The van der Waals surface area contributed by atoms with Crippen molar-refractivity contribution < 1.29 is 9.53 Å². The summed E-state index contributed by atoms with van der Waals surface area (Å²) in [6.45, 7) is 5.51. The summed E-state index contributed by atoms with van der Waals surface area (Å²) in [6, 6.07) is 12.1. The molecule has 1 heterocycles. The van der Waals surface area contributed by atoms with Crippen LogP contribution in [0, 0.1) is 17.8 Å². The van der Waals surface area contributed by atoms with Crippen LogP contribution in [0.4, 0.5) is 0 Å². The molecule has 0 N–H and O–H groups in total. The SMILES string of the molecule is COc1ccc2cc(C(=O)[C@@H]3CN(CC4CC4)CC[C@@H]3C)ccc2c1.